The fourth-order valence-corrected chi connectivity index (χ4v) is 4.00. The summed E-state index contributed by atoms with van der Waals surface area (Å²) in [4.78, 5) is 4.47. The van der Waals surface area contributed by atoms with E-state index in [9.17, 15) is 13.9 Å². The lowest BCUT2D eigenvalue weighted by Crippen LogP contribution is -2.11. The van der Waals surface area contributed by atoms with E-state index in [0.717, 1.165) is 9.99 Å². The minimum absolute atomic E-state index is 0.00407. The first-order valence-corrected chi connectivity index (χ1v) is 8.71. The van der Waals surface area contributed by atoms with Crippen LogP contribution in [0.2, 0.25) is 5.02 Å². The topological polar surface area (TPSA) is 47.3 Å². The molecule has 2 atom stereocenters. The molecule has 0 aliphatic carbocycles. The molecule has 0 spiro atoms. The second kappa shape index (κ2) is 6.23. The number of ether oxygens (including phenoxy) is 1. The van der Waals surface area contributed by atoms with Gasteiger partial charge in [-0.25, -0.2) is 4.98 Å². The fraction of sp³-hybridized carbons (Fsp3) is 0.235. The molecule has 0 amide bonds. The fourth-order valence-electron chi connectivity index (χ4n) is 3.36. The highest BCUT2D eigenvalue weighted by molar-refractivity contribution is 9.10. The van der Waals surface area contributed by atoms with E-state index in [4.69, 9.17) is 11.6 Å². The number of aliphatic hydroxyl groups excluding tert-OH is 1. The van der Waals surface area contributed by atoms with Gasteiger partial charge in [-0.1, -0.05) is 33.6 Å². The van der Waals surface area contributed by atoms with Crippen molar-refractivity contribution >= 4 is 38.6 Å². The van der Waals surface area contributed by atoms with E-state index < -0.39 is 18.8 Å². The van der Waals surface area contributed by atoms with Crippen LogP contribution in [0, 0.1) is 0 Å². The molecule has 8 heteroatoms. The van der Waals surface area contributed by atoms with E-state index in [1.165, 1.54) is 6.07 Å². The summed E-state index contributed by atoms with van der Waals surface area (Å²) in [5, 5.41) is 10.7. The molecule has 0 saturated carbocycles. The van der Waals surface area contributed by atoms with E-state index in [1.807, 2.05) is 22.8 Å². The van der Waals surface area contributed by atoms with Crippen LogP contribution < -0.4 is 4.74 Å². The highest BCUT2D eigenvalue weighted by Gasteiger charge is 2.36. The maximum Gasteiger partial charge on any atom is 0.387 e. The molecule has 1 aromatic heterocycles. The Morgan fingerprint density at radius 1 is 1.32 bits per heavy atom. The zero-order chi connectivity index (χ0) is 17.7. The smallest absolute Gasteiger partial charge is 0.387 e. The van der Waals surface area contributed by atoms with E-state index in [0.29, 0.717) is 21.9 Å². The summed E-state index contributed by atoms with van der Waals surface area (Å²) < 4.78 is 32.9. The number of halogens is 4. The van der Waals surface area contributed by atoms with Crippen LogP contribution in [0.3, 0.4) is 0 Å². The molecular weight excluding hydrogens is 418 g/mol. The van der Waals surface area contributed by atoms with Gasteiger partial charge in [0.15, 0.2) is 0 Å². The van der Waals surface area contributed by atoms with Crippen molar-refractivity contribution in [3.05, 3.63) is 57.3 Å². The van der Waals surface area contributed by atoms with Crippen LogP contribution >= 0.6 is 27.5 Å². The maximum atomic E-state index is 12.8. The molecule has 0 bridgehead atoms. The first kappa shape index (κ1) is 16.8. The molecule has 1 aliphatic rings. The van der Waals surface area contributed by atoms with Gasteiger partial charge < -0.3 is 14.4 Å². The molecule has 0 saturated heterocycles. The van der Waals surface area contributed by atoms with Crippen molar-refractivity contribution in [2.45, 2.75) is 25.2 Å². The second-order valence-corrected chi connectivity index (χ2v) is 7.09. The van der Waals surface area contributed by atoms with Crippen molar-refractivity contribution in [1.82, 2.24) is 9.55 Å². The maximum absolute atomic E-state index is 12.8. The van der Waals surface area contributed by atoms with E-state index in [1.54, 1.807) is 12.1 Å². The number of nitrogens with zero attached hydrogens (tertiary/aromatic N) is 2. The van der Waals surface area contributed by atoms with Gasteiger partial charge in [0.2, 0.25) is 0 Å². The number of aliphatic hydroxyl groups is 1. The Bertz CT molecular complexity index is 963. The SMILES string of the molecule is O[C@@H]1C[C@H](c2c(Cl)cccc2OC(F)F)n2c1nc1ccc(Br)cc12. The second-order valence-electron chi connectivity index (χ2n) is 5.77. The lowest BCUT2D eigenvalue weighted by atomic mass is 10.0. The average Bonchev–Trinajstić information content (AvgIpc) is 3.05. The Morgan fingerprint density at radius 2 is 2.12 bits per heavy atom. The van der Waals surface area contributed by atoms with Crippen molar-refractivity contribution in [1.29, 1.82) is 0 Å². The van der Waals surface area contributed by atoms with Gasteiger partial charge in [-0.2, -0.15) is 8.78 Å². The normalized spacial score (nSPS) is 19.6. The van der Waals surface area contributed by atoms with Crippen LogP contribution in [0.1, 0.15) is 30.0 Å². The number of fused-ring (bicyclic) bond motifs is 3. The summed E-state index contributed by atoms with van der Waals surface area (Å²) in [6.45, 7) is -2.96. The van der Waals surface area contributed by atoms with E-state index in [-0.39, 0.29) is 12.2 Å². The monoisotopic (exact) mass is 428 g/mol. The summed E-state index contributed by atoms with van der Waals surface area (Å²) in [6, 6.07) is 9.73. The van der Waals surface area contributed by atoms with E-state index >= 15 is 0 Å². The number of aromatic nitrogens is 2. The van der Waals surface area contributed by atoms with Crippen molar-refractivity contribution in [2.75, 3.05) is 0 Å². The molecule has 4 nitrogen and oxygen atoms in total. The van der Waals surface area contributed by atoms with E-state index in [2.05, 4.69) is 25.7 Å². The number of hydrogen-bond acceptors (Lipinski definition) is 3. The van der Waals surface area contributed by atoms with Gasteiger partial charge in [-0.3, -0.25) is 0 Å². The molecule has 2 aromatic carbocycles. The lowest BCUT2D eigenvalue weighted by Gasteiger charge is -2.20. The van der Waals surface area contributed by atoms with Gasteiger partial charge >= 0.3 is 6.61 Å². The minimum atomic E-state index is -2.96. The number of imidazole rings is 1. The van der Waals surface area contributed by atoms with Crippen LogP contribution in [0.5, 0.6) is 5.75 Å². The summed E-state index contributed by atoms with van der Waals surface area (Å²) in [7, 11) is 0. The lowest BCUT2D eigenvalue weighted by molar-refractivity contribution is -0.0507. The Kier molecular flexibility index (Phi) is 4.17. The third kappa shape index (κ3) is 2.80. The molecule has 0 fully saturated rings. The van der Waals surface area contributed by atoms with Crippen LogP contribution in [0.4, 0.5) is 8.78 Å². The predicted octanol–water partition coefficient (Wildman–Crippen LogP) is 5.08. The summed E-state index contributed by atoms with van der Waals surface area (Å²) in [5.74, 6) is 0.491. The van der Waals surface area contributed by atoms with Gasteiger partial charge in [-0.05, 0) is 30.3 Å². The Balaban J connectivity index is 1.93. The van der Waals surface area contributed by atoms with Gasteiger partial charge in [0, 0.05) is 21.5 Å². The third-order valence-corrected chi connectivity index (χ3v) is 5.12. The molecule has 2 heterocycles. The van der Waals surface area contributed by atoms with Gasteiger partial charge in [0.25, 0.3) is 0 Å². The Hall–Kier alpha value is -1.70. The highest BCUT2D eigenvalue weighted by atomic mass is 79.9. The van der Waals surface area contributed by atoms with Crippen molar-refractivity contribution in [2.24, 2.45) is 0 Å². The molecule has 3 aromatic rings. The standard InChI is InChI=1S/C17H12BrClF2N2O2/c18-8-4-5-10-11(6-8)23-12(7-13(24)16(23)22-10)15-9(19)2-1-3-14(15)25-17(20)21/h1-6,12-13,17,24H,7H2/t12-,13-/m1/s1. The van der Waals surface area contributed by atoms with Crippen LogP contribution in [-0.2, 0) is 0 Å². The number of benzene rings is 2. The first-order chi connectivity index (χ1) is 12.0. The molecule has 1 aliphatic heterocycles. The van der Waals surface area contributed by atoms with Crippen molar-refractivity contribution < 1.29 is 18.6 Å². The number of rotatable bonds is 3. The Labute approximate surface area is 155 Å². The van der Waals surface area contributed by atoms with Gasteiger partial charge in [-0.15, -0.1) is 0 Å². The van der Waals surface area contributed by atoms with Crippen molar-refractivity contribution in [3.63, 3.8) is 0 Å². The van der Waals surface area contributed by atoms with Crippen molar-refractivity contribution in [3.8, 4) is 5.75 Å². The summed E-state index contributed by atoms with van der Waals surface area (Å²) >= 11 is 9.73. The molecule has 1 N–H and O–H groups in total. The third-order valence-electron chi connectivity index (χ3n) is 4.30. The zero-order valence-corrected chi connectivity index (χ0v) is 15.0. The van der Waals surface area contributed by atoms with Crippen LogP contribution in [0.25, 0.3) is 11.0 Å². The summed E-state index contributed by atoms with van der Waals surface area (Å²) in [5.41, 5.74) is 1.92. The van der Waals surface area contributed by atoms with Gasteiger partial charge in [0.1, 0.15) is 17.7 Å². The molecule has 130 valence electrons. The van der Waals surface area contributed by atoms with Crippen LogP contribution in [-0.4, -0.2) is 21.3 Å². The molecular formula is C17H12BrClF2N2O2. The number of alkyl halides is 2. The average molecular weight is 430 g/mol. The molecule has 4 rings (SSSR count). The minimum Gasteiger partial charge on any atom is -0.434 e. The number of hydrogen-bond donors (Lipinski definition) is 1. The van der Waals surface area contributed by atoms with Crippen LogP contribution in [0.15, 0.2) is 40.9 Å². The zero-order valence-electron chi connectivity index (χ0n) is 12.7. The van der Waals surface area contributed by atoms with Gasteiger partial charge in [0.05, 0.1) is 17.1 Å². The molecule has 0 radical (unpaired) electrons. The summed E-state index contributed by atoms with van der Waals surface area (Å²) in [6.07, 6.45) is -0.527. The first-order valence-electron chi connectivity index (χ1n) is 7.54. The predicted molar refractivity (Wildman–Crippen MR) is 93.2 cm³/mol. The Morgan fingerprint density at radius 3 is 2.88 bits per heavy atom. The highest BCUT2D eigenvalue weighted by Crippen LogP contribution is 2.46. The molecule has 25 heavy (non-hydrogen) atoms. The quantitative estimate of drug-likeness (QED) is 0.631. The molecule has 0 unspecified atom stereocenters. The largest absolute Gasteiger partial charge is 0.434 e.